The quantitative estimate of drug-likeness (QED) is 0.0222. The van der Waals surface area contributed by atoms with Crippen LogP contribution in [0.1, 0.15) is 325 Å². The van der Waals surface area contributed by atoms with Gasteiger partial charge in [0.1, 0.15) is 19.3 Å². The van der Waals surface area contributed by atoms with Gasteiger partial charge in [0.15, 0.2) is 12.2 Å². The average molecular weight is 1270 g/mol. The Morgan fingerprint density at radius 3 is 0.826 bits per heavy atom. The van der Waals surface area contributed by atoms with Crippen LogP contribution in [0.3, 0.4) is 0 Å². The summed E-state index contributed by atoms with van der Waals surface area (Å²) in [6.45, 7) is 13.9. The van der Waals surface area contributed by atoms with Crippen molar-refractivity contribution >= 4 is 39.5 Å². The molecule has 510 valence electrons. The largest absolute Gasteiger partial charge is 0.472 e. The molecule has 0 heterocycles. The van der Waals surface area contributed by atoms with Crippen LogP contribution in [0.25, 0.3) is 0 Å². The molecule has 0 saturated carbocycles. The Labute approximate surface area is 524 Å². The third kappa shape index (κ3) is 58.4. The third-order valence-electron chi connectivity index (χ3n) is 16.0. The SMILES string of the molecule is CCC(C)CCCCCCCCCCCCCCCCC(=O)OC[C@H](COP(=O)(O)OC[C@@H](O)COP(=O)(O)OC[C@@H](COC(=O)CCCCCCCCC(C)C)OC(=O)CCCCCCCCC(C)CC)OC(=O)CCCCCCCCC(C)C. The summed E-state index contributed by atoms with van der Waals surface area (Å²) in [7, 11) is -9.89. The molecular weight excluding hydrogens is 1140 g/mol. The van der Waals surface area contributed by atoms with E-state index in [2.05, 4.69) is 55.4 Å². The minimum Gasteiger partial charge on any atom is -0.462 e. The highest BCUT2D eigenvalue weighted by atomic mass is 31.2. The zero-order chi connectivity index (χ0) is 63.9. The highest BCUT2D eigenvalue weighted by Gasteiger charge is 2.30. The number of rotatable bonds is 64. The van der Waals surface area contributed by atoms with Crippen molar-refractivity contribution in [1.82, 2.24) is 0 Å². The van der Waals surface area contributed by atoms with Gasteiger partial charge in [0.25, 0.3) is 0 Å². The molecule has 3 N–H and O–H groups in total. The first-order valence-corrected chi connectivity index (χ1v) is 37.8. The molecule has 0 aromatic rings. The number of hydrogen-bond acceptors (Lipinski definition) is 15. The van der Waals surface area contributed by atoms with Crippen LogP contribution in [0, 0.1) is 23.7 Å². The lowest BCUT2D eigenvalue weighted by molar-refractivity contribution is -0.161. The third-order valence-corrected chi connectivity index (χ3v) is 17.9. The summed E-state index contributed by atoms with van der Waals surface area (Å²) in [6, 6.07) is 0. The molecule has 0 aliphatic carbocycles. The van der Waals surface area contributed by atoms with Gasteiger partial charge in [-0.25, -0.2) is 9.13 Å². The maximum absolute atomic E-state index is 13.0. The Morgan fingerprint density at radius 1 is 0.326 bits per heavy atom. The molecule has 0 aromatic heterocycles. The van der Waals surface area contributed by atoms with Gasteiger partial charge in [-0.3, -0.25) is 37.3 Å². The van der Waals surface area contributed by atoms with Gasteiger partial charge in [-0.2, -0.15) is 0 Å². The molecule has 0 aliphatic heterocycles. The summed E-state index contributed by atoms with van der Waals surface area (Å²) in [5.74, 6) is 0.776. The van der Waals surface area contributed by atoms with E-state index >= 15 is 0 Å². The Kier molecular flexibility index (Phi) is 55.7. The summed E-state index contributed by atoms with van der Waals surface area (Å²) in [4.78, 5) is 72.2. The predicted octanol–water partition coefficient (Wildman–Crippen LogP) is 18.5. The van der Waals surface area contributed by atoms with E-state index < -0.39 is 97.5 Å². The molecular formula is C67H130O17P2. The van der Waals surface area contributed by atoms with E-state index in [0.717, 1.165) is 108 Å². The fourth-order valence-corrected chi connectivity index (χ4v) is 11.5. The van der Waals surface area contributed by atoms with E-state index in [4.69, 9.17) is 37.0 Å². The number of phosphoric ester groups is 2. The van der Waals surface area contributed by atoms with Crippen molar-refractivity contribution in [2.24, 2.45) is 23.7 Å². The van der Waals surface area contributed by atoms with Crippen LogP contribution in [0.5, 0.6) is 0 Å². The molecule has 0 radical (unpaired) electrons. The molecule has 86 heavy (non-hydrogen) atoms. The van der Waals surface area contributed by atoms with E-state index in [1.54, 1.807) is 0 Å². The van der Waals surface area contributed by atoms with Crippen molar-refractivity contribution in [3.05, 3.63) is 0 Å². The van der Waals surface area contributed by atoms with Crippen molar-refractivity contribution in [3.63, 3.8) is 0 Å². The van der Waals surface area contributed by atoms with Gasteiger partial charge in [0.05, 0.1) is 26.4 Å². The Balaban J connectivity index is 5.16. The number of carbonyl (C=O) groups excluding carboxylic acids is 4. The monoisotopic (exact) mass is 1270 g/mol. The summed E-state index contributed by atoms with van der Waals surface area (Å²) in [5.41, 5.74) is 0. The molecule has 0 saturated heterocycles. The molecule has 0 bridgehead atoms. The number of aliphatic hydroxyl groups is 1. The summed E-state index contributed by atoms with van der Waals surface area (Å²) >= 11 is 0. The van der Waals surface area contributed by atoms with E-state index in [0.29, 0.717) is 37.5 Å². The number of unbranched alkanes of at least 4 members (excludes halogenated alkanes) is 28. The second kappa shape index (κ2) is 57.0. The van der Waals surface area contributed by atoms with Crippen molar-refractivity contribution in [1.29, 1.82) is 0 Å². The van der Waals surface area contributed by atoms with Crippen molar-refractivity contribution in [3.8, 4) is 0 Å². The number of carbonyl (C=O) groups is 4. The molecule has 17 nitrogen and oxygen atoms in total. The molecule has 0 amide bonds. The fourth-order valence-electron chi connectivity index (χ4n) is 9.89. The summed E-state index contributed by atoms with van der Waals surface area (Å²) in [5, 5.41) is 10.5. The lowest BCUT2D eigenvalue weighted by Crippen LogP contribution is -2.30. The summed E-state index contributed by atoms with van der Waals surface area (Å²) in [6.07, 6.45) is 38.0. The van der Waals surface area contributed by atoms with Gasteiger partial charge < -0.3 is 33.8 Å². The van der Waals surface area contributed by atoms with Crippen LogP contribution in [0.2, 0.25) is 0 Å². The van der Waals surface area contributed by atoms with Gasteiger partial charge in [0, 0.05) is 25.7 Å². The first-order chi connectivity index (χ1) is 41.2. The van der Waals surface area contributed by atoms with Crippen LogP contribution < -0.4 is 0 Å². The molecule has 0 rings (SSSR count). The molecule has 19 heteroatoms. The molecule has 0 spiro atoms. The standard InChI is InChI=1S/C67H130O17P2/c1-9-59(7)45-37-29-19-17-15-13-11-12-14-16-18-20-31-39-47-64(69)77-53-62(83-66(71)49-41-33-25-22-28-36-44-58(5)6)55-81-85(73,74)79-51-61(68)52-80-86(75,76)82-56-63(54-78-65(70)48-40-32-24-21-27-35-43-57(3)4)84-67(72)50-42-34-26-23-30-38-46-60(8)10-2/h57-63,68H,9-56H2,1-8H3,(H,73,74)(H,75,76)/t59?,60?,61-,62-,63-/m1/s1. The smallest absolute Gasteiger partial charge is 0.462 e. The number of ether oxygens (including phenoxy) is 4. The lowest BCUT2D eigenvalue weighted by atomic mass is 9.99. The van der Waals surface area contributed by atoms with Crippen LogP contribution in [-0.4, -0.2) is 96.7 Å². The van der Waals surface area contributed by atoms with Crippen molar-refractivity contribution in [2.75, 3.05) is 39.6 Å². The maximum Gasteiger partial charge on any atom is 0.472 e. The van der Waals surface area contributed by atoms with E-state index in [1.165, 1.54) is 122 Å². The number of aliphatic hydroxyl groups excluding tert-OH is 1. The normalized spacial score (nSPS) is 15.0. The molecule has 0 fully saturated rings. The molecule has 0 aromatic carbocycles. The minimum absolute atomic E-state index is 0.101. The van der Waals surface area contributed by atoms with Gasteiger partial charge in [-0.1, -0.05) is 274 Å². The maximum atomic E-state index is 13.0. The topological polar surface area (TPSA) is 237 Å². The number of phosphoric acid groups is 2. The van der Waals surface area contributed by atoms with Gasteiger partial charge in [-0.05, 0) is 49.4 Å². The Hall–Kier alpha value is -1.94. The first kappa shape index (κ1) is 84.1. The van der Waals surface area contributed by atoms with E-state index in [-0.39, 0.29) is 25.7 Å². The van der Waals surface area contributed by atoms with Crippen molar-refractivity contribution in [2.45, 2.75) is 343 Å². The molecule has 7 atom stereocenters. The van der Waals surface area contributed by atoms with Crippen LogP contribution in [0.4, 0.5) is 0 Å². The Morgan fingerprint density at radius 2 is 0.558 bits per heavy atom. The number of esters is 4. The fraction of sp³-hybridized carbons (Fsp3) is 0.940. The van der Waals surface area contributed by atoms with E-state index in [9.17, 15) is 43.2 Å². The van der Waals surface area contributed by atoms with Crippen LogP contribution in [0.15, 0.2) is 0 Å². The molecule has 0 aliphatic rings. The lowest BCUT2D eigenvalue weighted by Gasteiger charge is -2.21. The second-order valence-electron chi connectivity index (χ2n) is 25.6. The minimum atomic E-state index is -4.95. The van der Waals surface area contributed by atoms with Crippen LogP contribution >= 0.6 is 15.6 Å². The second-order valence-corrected chi connectivity index (χ2v) is 28.6. The highest BCUT2D eigenvalue weighted by molar-refractivity contribution is 7.47. The zero-order valence-electron chi connectivity index (χ0n) is 55.9. The average Bonchev–Trinajstić information content (AvgIpc) is 3.69. The van der Waals surface area contributed by atoms with Gasteiger partial charge in [-0.15, -0.1) is 0 Å². The molecule has 4 unspecified atom stereocenters. The first-order valence-electron chi connectivity index (χ1n) is 34.8. The summed E-state index contributed by atoms with van der Waals surface area (Å²) < 4.78 is 68.0. The van der Waals surface area contributed by atoms with Crippen molar-refractivity contribution < 1.29 is 80.2 Å². The Bertz CT molecular complexity index is 1720. The number of hydrogen-bond donors (Lipinski definition) is 3. The van der Waals surface area contributed by atoms with E-state index in [1.807, 2.05) is 0 Å². The van der Waals surface area contributed by atoms with Crippen LogP contribution in [-0.2, 0) is 65.4 Å². The predicted molar refractivity (Wildman–Crippen MR) is 344 cm³/mol. The highest BCUT2D eigenvalue weighted by Crippen LogP contribution is 2.45. The van der Waals surface area contributed by atoms with Gasteiger partial charge in [0.2, 0.25) is 0 Å². The van der Waals surface area contributed by atoms with Gasteiger partial charge >= 0.3 is 39.5 Å². The zero-order valence-corrected chi connectivity index (χ0v) is 57.7.